The third-order valence-corrected chi connectivity index (χ3v) is 7.40. The van der Waals surface area contributed by atoms with E-state index in [1.807, 2.05) is 54.6 Å². The topological polar surface area (TPSA) is 92.4 Å². The van der Waals surface area contributed by atoms with E-state index in [1.54, 1.807) is 6.07 Å². The number of benzene rings is 2. The molecule has 0 amide bonds. The van der Waals surface area contributed by atoms with E-state index in [-0.39, 0.29) is 11.4 Å². The zero-order chi connectivity index (χ0) is 23.4. The number of rotatable bonds is 3. The Balaban J connectivity index is 1.90. The van der Waals surface area contributed by atoms with Gasteiger partial charge in [-0.2, -0.15) is 5.26 Å². The molecule has 1 N–H and O–H groups in total. The monoisotopic (exact) mass is 524 g/mol. The molecule has 2 aliphatic rings. The minimum absolute atomic E-state index is 0.175. The van der Waals surface area contributed by atoms with Gasteiger partial charge in [0.05, 0.1) is 30.0 Å². The molecule has 0 unspecified atom stereocenters. The van der Waals surface area contributed by atoms with Crippen LogP contribution in [0.2, 0.25) is 5.02 Å². The quantitative estimate of drug-likeness (QED) is 0.499. The second kappa shape index (κ2) is 7.84. The van der Waals surface area contributed by atoms with Gasteiger partial charge in [-0.05, 0) is 23.3 Å². The maximum absolute atomic E-state index is 13.1. The predicted octanol–water partition coefficient (Wildman–Crippen LogP) is 4.70. The first-order valence-corrected chi connectivity index (χ1v) is 11.4. The maximum atomic E-state index is 13.1. The Morgan fingerprint density at radius 2 is 1.94 bits per heavy atom. The van der Waals surface area contributed by atoms with Crippen LogP contribution in [0.4, 0.5) is 0 Å². The number of aromatic nitrogens is 1. The highest BCUT2D eigenvalue weighted by Gasteiger charge is 2.78. The molecule has 2 heterocycles. The molecule has 8 heteroatoms. The van der Waals surface area contributed by atoms with Gasteiger partial charge in [0.1, 0.15) is 11.4 Å². The van der Waals surface area contributed by atoms with Gasteiger partial charge in [-0.15, -0.1) is 0 Å². The minimum atomic E-state index is -1.95. The van der Waals surface area contributed by atoms with Gasteiger partial charge in [-0.3, -0.25) is 9.78 Å². The number of carbonyl (C=O) groups excluding carboxylic acids is 1. The fourth-order valence-electron chi connectivity index (χ4n) is 5.44. The summed E-state index contributed by atoms with van der Waals surface area (Å²) in [6.45, 7) is 0. The van der Waals surface area contributed by atoms with Crippen molar-refractivity contribution in [3.05, 3.63) is 93.2 Å². The average Bonchev–Trinajstić information content (AvgIpc) is 3.20. The first kappa shape index (κ1) is 21.9. The van der Waals surface area contributed by atoms with Gasteiger partial charge in [-0.25, -0.2) is 0 Å². The normalized spacial score (nSPS) is 29.5. The van der Waals surface area contributed by atoms with E-state index >= 15 is 0 Å². The molecule has 0 radical (unpaired) electrons. The largest absolute Gasteiger partial charge is 0.476 e. The standard InChI is InChI=1S/C25H18BrClN2O4/c1-32-23(30)20-18(12-28)24(31)22-19(11-17(27)13-29-22)33-25(24,15-7-9-16(26)10-8-15)21(20)14-5-3-2-4-6-14/h2-11,13,18,20-21,31H,1H3/t18-,20-,21+,24+,25-/m0/s1. The summed E-state index contributed by atoms with van der Waals surface area (Å²) in [5.74, 6) is -3.29. The molecule has 33 heavy (non-hydrogen) atoms. The lowest BCUT2D eigenvalue weighted by atomic mass is 9.71. The van der Waals surface area contributed by atoms with E-state index in [4.69, 9.17) is 21.1 Å². The third kappa shape index (κ3) is 2.88. The van der Waals surface area contributed by atoms with Crippen LogP contribution in [0.1, 0.15) is 22.7 Å². The Morgan fingerprint density at radius 1 is 1.24 bits per heavy atom. The number of methoxy groups -OCH3 is 1. The van der Waals surface area contributed by atoms with Crippen molar-refractivity contribution in [1.29, 1.82) is 5.26 Å². The molecule has 5 atom stereocenters. The van der Waals surface area contributed by atoms with Gasteiger partial charge in [-0.1, -0.05) is 70.0 Å². The maximum Gasteiger partial charge on any atom is 0.310 e. The van der Waals surface area contributed by atoms with Crippen molar-refractivity contribution in [2.24, 2.45) is 11.8 Å². The van der Waals surface area contributed by atoms with Gasteiger partial charge in [0.15, 0.2) is 11.2 Å². The van der Waals surface area contributed by atoms with Crippen LogP contribution < -0.4 is 4.74 Å². The number of hydrogen-bond donors (Lipinski definition) is 1. The second-order valence-corrected chi connectivity index (χ2v) is 9.51. The highest BCUT2D eigenvalue weighted by atomic mass is 79.9. The lowest BCUT2D eigenvalue weighted by molar-refractivity contribution is -0.148. The van der Waals surface area contributed by atoms with E-state index in [2.05, 4.69) is 27.0 Å². The van der Waals surface area contributed by atoms with Crippen LogP contribution in [0.5, 0.6) is 5.75 Å². The van der Waals surface area contributed by atoms with Crippen LogP contribution in [0.15, 0.2) is 71.3 Å². The number of nitrogens with zero attached hydrogens (tertiary/aromatic N) is 2. The number of pyridine rings is 1. The molecular weight excluding hydrogens is 508 g/mol. The van der Waals surface area contributed by atoms with E-state index in [1.165, 1.54) is 13.3 Å². The van der Waals surface area contributed by atoms with Crippen molar-refractivity contribution in [3.63, 3.8) is 0 Å². The highest BCUT2D eigenvalue weighted by Crippen LogP contribution is 2.70. The number of aliphatic hydroxyl groups is 1. The van der Waals surface area contributed by atoms with E-state index in [0.29, 0.717) is 10.6 Å². The Bertz CT molecular complexity index is 1280. The summed E-state index contributed by atoms with van der Waals surface area (Å²) in [6, 6.07) is 20.3. The van der Waals surface area contributed by atoms with Gasteiger partial charge in [0.25, 0.3) is 0 Å². The fraction of sp³-hybridized carbons (Fsp3) is 0.240. The number of ether oxygens (including phenoxy) is 2. The number of nitriles is 1. The van der Waals surface area contributed by atoms with Crippen molar-refractivity contribution < 1.29 is 19.4 Å². The Hall–Kier alpha value is -2.92. The molecule has 1 aliphatic carbocycles. The number of fused-ring (bicyclic) bond motifs is 3. The highest BCUT2D eigenvalue weighted by molar-refractivity contribution is 9.10. The van der Waals surface area contributed by atoms with Crippen LogP contribution in [0.25, 0.3) is 0 Å². The zero-order valence-electron chi connectivity index (χ0n) is 17.4. The molecule has 6 nitrogen and oxygen atoms in total. The van der Waals surface area contributed by atoms with Crippen LogP contribution in [0.3, 0.4) is 0 Å². The van der Waals surface area contributed by atoms with Crippen LogP contribution in [-0.2, 0) is 20.7 Å². The molecule has 0 saturated heterocycles. The van der Waals surface area contributed by atoms with E-state index < -0.39 is 34.9 Å². The van der Waals surface area contributed by atoms with Crippen molar-refractivity contribution in [2.45, 2.75) is 17.1 Å². The molecule has 166 valence electrons. The molecule has 0 bridgehead atoms. The first-order chi connectivity index (χ1) is 15.9. The van der Waals surface area contributed by atoms with Gasteiger partial charge >= 0.3 is 5.97 Å². The van der Waals surface area contributed by atoms with E-state index in [9.17, 15) is 15.2 Å². The molecule has 2 aromatic carbocycles. The summed E-state index contributed by atoms with van der Waals surface area (Å²) in [4.78, 5) is 17.5. The lowest BCUT2D eigenvalue weighted by Crippen LogP contribution is -2.50. The summed E-state index contributed by atoms with van der Waals surface area (Å²) in [5, 5.41) is 23.1. The van der Waals surface area contributed by atoms with Crippen LogP contribution in [-0.4, -0.2) is 23.2 Å². The number of carbonyl (C=O) groups is 1. The van der Waals surface area contributed by atoms with Crippen molar-refractivity contribution in [1.82, 2.24) is 4.98 Å². The van der Waals surface area contributed by atoms with Gasteiger partial charge in [0.2, 0.25) is 0 Å². The van der Waals surface area contributed by atoms with E-state index in [0.717, 1.165) is 10.0 Å². The SMILES string of the molecule is COC(=O)[C@@H]1[C@@H](c2ccccc2)[C@]2(c3ccc(Br)cc3)Oc3cc(Cl)cnc3[C@]2(O)[C@H]1C#N. The summed E-state index contributed by atoms with van der Waals surface area (Å²) in [6.07, 6.45) is 1.40. The van der Waals surface area contributed by atoms with Gasteiger partial charge < -0.3 is 14.6 Å². The molecular formula is C25H18BrClN2O4. The zero-order valence-corrected chi connectivity index (χ0v) is 19.7. The van der Waals surface area contributed by atoms with Crippen LogP contribution in [0, 0.1) is 23.2 Å². The molecule has 1 aromatic heterocycles. The number of esters is 1. The van der Waals surface area contributed by atoms with Crippen LogP contribution >= 0.6 is 27.5 Å². The summed E-state index contributed by atoms with van der Waals surface area (Å²) in [5.41, 5.74) is -1.98. The Kier molecular flexibility index (Phi) is 5.20. The molecule has 5 rings (SSSR count). The molecule has 3 aromatic rings. The number of halogens is 2. The molecule has 1 fully saturated rings. The smallest absolute Gasteiger partial charge is 0.310 e. The van der Waals surface area contributed by atoms with Crippen molar-refractivity contribution in [3.8, 4) is 11.8 Å². The third-order valence-electron chi connectivity index (χ3n) is 6.67. The molecule has 1 aliphatic heterocycles. The van der Waals surface area contributed by atoms with Crippen molar-refractivity contribution >= 4 is 33.5 Å². The lowest BCUT2D eigenvalue weighted by Gasteiger charge is -2.40. The molecule has 0 spiro atoms. The second-order valence-electron chi connectivity index (χ2n) is 8.16. The first-order valence-electron chi connectivity index (χ1n) is 10.2. The Morgan fingerprint density at radius 3 is 2.58 bits per heavy atom. The molecule has 1 saturated carbocycles. The summed E-state index contributed by atoms with van der Waals surface area (Å²) in [7, 11) is 1.27. The predicted molar refractivity (Wildman–Crippen MR) is 123 cm³/mol. The van der Waals surface area contributed by atoms with Gasteiger partial charge in [0, 0.05) is 22.7 Å². The number of hydrogen-bond acceptors (Lipinski definition) is 6. The fourth-order valence-corrected chi connectivity index (χ4v) is 5.85. The Labute approximate surface area is 203 Å². The summed E-state index contributed by atoms with van der Waals surface area (Å²) < 4.78 is 12.5. The minimum Gasteiger partial charge on any atom is -0.476 e. The summed E-state index contributed by atoms with van der Waals surface area (Å²) >= 11 is 9.64. The van der Waals surface area contributed by atoms with Crippen molar-refractivity contribution in [2.75, 3.05) is 7.11 Å². The average molecular weight is 526 g/mol.